The molecule has 0 atom stereocenters. The molecule has 1 saturated heterocycles. The molecule has 21 heavy (non-hydrogen) atoms. The average molecular weight is 290 g/mol. The van der Waals surface area contributed by atoms with Crippen LogP contribution < -0.4 is 4.74 Å². The monoisotopic (exact) mass is 290 g/mol. The third kappa shape index (κ3) is 3.37. The van der Waals surface area contributed by atoms with Gasteiger partial charge in [0.1, 0.15) is 5.75 Å². The zero-order valence-electron chi connectivity index (χ0n) is 12.2. The normalized spacial score (nSPS) is 15.9. The molecule has 0 aliphatic carbocycles. The van der Waals surface area contributed by atoms with Crippen molar-refractivity contribution < 1.29 is 14.6 Å². The number of H-pyrrole nitrogens is 1. The summed E-state index contributed by atoms with van der Waals surface area (Å²) in [6.07, 6.45) is 4.51. The van der Waals surface area contributed by atoms with E-state index in [2.05, 4.69) is 22.0 Å². The first-order valence-corrected chi connectivity index (χ1v) is 7.51. The number of nitrogens with zero attached hydrogens (tertiary/aromatic N) is 1. The Kier molecular flexibility index (Phi) is 4.75. The Labute approximate surface area is 124 Å². The molecule has 3 rings (SSSR count). The Morgan fingerprint density at radius 1 is 1.19 bits per heavy atom. The largest absolute Gasteiger partial charge is 0.467 e. The fraction of sp³-hybridized carbons (Fsp3) is 0.500. The first-order valence-electron chi connectivity index (χ1n) is 7.51. The van der Waals surface area contributed by atoms with E-state index in [9.17, 15) is 0 Å². The molecule has 2 aromatic rings. The minimum Gasteiger partial charge on any atom is -0.467 e. The molecule has 0 unspecified atom stereocenters. The summed E-state index contributed by atoms with van der Waals surface area (Å²) in [5, 5.41) is 9.93. The second-order valence-electron chi connectivity index (χ2n) is 5.36. The molecule has 1 aliphatic rings. The van der Waals surface area contributed by atoms with Crippen molar-refractivity contribution in [1.82, 2.24) is 9.88 Å². The third-order valence-electron chi connectivity index (χ3n) is 3.91. The van der Waals surface area contributed by atoms with Crippen molar-refractivity contribution in [3.05, 3.63) is 30.0 Å². The van der Waals surface area contributed by atoms with E-state index in [0.717, 1.165) is 30.9 Å². The third-order valence-corrected chi connectivity index (χ3v) is 3.91. The van der Waals surface area contributed by atoms with E-state index in [4.69, 9.17) is 14.6 Å². The zero-order chi connectivity index (χ0) is 14.5. The summed E-state index contributed by atoms with van der Waals surface area (Å²) in [6.45, 7) is 3.67. The van der Waals surface area contributed by atoms with Gasteiger partial charge in [-0.15, -0.1) is 0 Å². The van der Waals surface area contributed by atoms with Gasteiger partial charge in [0.05, 0.1) is 18.7 Å². The van der Waals surface area contributed by atoms with Crippen molar-refractivity contribution in [2.75, 3.05) is 33.1 Å². The van der Waals surface area contributed by atoms with Crippen molar-refractivity contribution in [3.63, 3.8) is 0 Å². The number of aromatic nitrogens is 1. The minimum absolute atomic E-state index is 0.0135. The van der Waals surface area contributed by atoms with E-state index in [1.165, 1.54) is 23.8 Å². The van der Waals surface area contributed by atoms with Crippen molar-refractivity contribution in [2.45, 2.75) is 19.4 Å². The van der Waals surface area contributed by atoms with Gasteiger partial charge in [-0.3, -0.25) is 4.90 Å². The minimum atomic E-state index is 0.0135. The highest BCUT2D eigenvalue weighted by atomic mass is 16.7. The summed E-state index contributed by atoms with van der Waals surface area (Å²) in [6, 6.07) is 6.14. The number of nitrogens with one attached hydrogen (secondary N) is 1. The van der Waals surface area contributed by atoms with Gasteiger partial charge in [0, 0.05) is 18.3 Å². The predicted octanol–water partition coefficient (Wildman–Crippen LogP) is 2.11. The standard InChI is InChI=1S/C16H22N2O3/c19-9-10-20-12-21-15-4-3-13-5-6-17-16(13)14(15)11-18-7-1-2-8-18/h3-6,17,19H,1-2,7-12H2. The average Bonchev–Trinajstić information content (AvgIpc) is 3.16. The van der Waals surface area contributed by atoms with Crippen LogP contribution in [0.2, 0.25) is 0 Å². The van der Waals surface area contributed by atoms with E-state index in [1.54, 1.807) is 0 Å². The summed E-state index contributed by atoms with van der Waals surface area (Å²) in [5.41, 5.74) is 2.33. The van der Waals surface area contributed by atoms with Crippen molar-refractivity contribution in [2.24, 2.45) is 0 Å². The zero-order valence-corrected chi connectivity index (χ0v) is 12.2. The number of likely N-dealkylation sites (tertiary alicyclic amines) is 1. The predicted molar refractivity (Wildman–Crippen MR) is 81.3 cm³/mol. The fourth-order valence-electron chi connectivity index (χ4n) is 2.86. The number of aliphatic hydroxyl groups excluding tert-OH is 1. The summed E-state index contributed by atoms with van der Waals surface area (Å²) in [4.78, 5) is 5.77. The van der Waals surface area contributed by atoms with Crippen LogP contribution in [-0.2, 0) is 11.3 Å². The topological polar surface area (TPSA) is 57.7 Å². The van der Waals surface area contributed by atoms with Gasteiger partial charge in [-0.05, 0) is 49.5 Å². The van der Waals surface area contributed by atoms with Crippen LogP contribution in [-0.4, -0.2) is 48.1 Å². The number of ether oxygens (including phenoxy) is 2. The molecular weight excluding hydrogens is 268 g/mol. The van der Waals surface area contributed by atoms with Crippen molar-refractivity contribution in [3.8, 4) is 5.75 Å². The lowest BCUT2D eigenvalue weighted by Crippen LogP contribution is -2.19. The fourth-order valence-corrected chi connectivity index (χ4v) is 2.86. The van der Waals surface area contributed by atoms with E-state index >= 15 is 0 Å². The molecule has 0 amide bonds. The van der Waals surface area contributed by atoms with Crippen LogP contribution in [0.25, 0.3) is 10.9 Å². The lowest BCUT2D eigenvalue weighted by molar-refractivity contribution is -0.00165. The number of hydrogen-bond acceptors (Lipinski definition) is 4. The molecule has 114 valence electrons. The van der Waals surface area contributed by atoms with E-state index in [0.29, 0.717) is 6.61 Å². The van der Waals surface area contributed by atoms with Crippen LogP contribution in [0.4, 0.5) is 0 Å². The molecule has 1 aliphatic heterocycles. The van der Waals surface area contributed by atoms with Gasteiger partial charge in [0.25, 0.3) is 0 Å². The van der Waals surface area contributed by atoms with Gasteiger partial charge in [0.2, 0.25) is 0 Å². The van der Waals surface area contributed by atoms with Crippen molar-refractivity contribution >= 4 is 10.9 Å². The molecule has 0 spiro atoms. The molecule has 0 bridgehead atoms. The van der Waals surface area contributed by atoms with Crippen molar-refractivity contribution in [1.29, 1.82) is 0 Å². The molecule has 5 nitrogen and oxygen atoms in total. The number of aliphatic hydroxyl groups is 1. The summed E-state index contributed by atoms with van der Waals surface area (Å²) in [5.74, 6) is 0.856. The van der Waals surface area contributed by atoms with E-state index in [-0.39, 0.29) is 13.4 Å². The maximum absolute atomic E-state index is 8.73. The molecule has 1 aromatic heterocycles. The lowest BCUT2D eigenvalue weighted by atomic mass is 10.1. The van der Waals surface area contributed by atoms with Crippen LogP contribution in [0.15, 0.2) is 24.4 Å². The van der Waals surface area contributed by atoms with Crippen LogP contribution in [0, 0.1) is 0 Å². The lowest BCUT2D eigenvalue weighted by Gasteiger charge is -2.18. The number of benzene rings is 1. The number of hydrogen-bond donors (Lipinski definition) is 2. The molecule has 2 heterocycles. The Morgan fingerprint density at radius 2 is 2.05 bits per heavy atom. The molecule has 2 N–H and O–H groups in total. The molecular formula is C16H22N2O3. The van der Waals surface area contributed by atoms with Crippen LogP contribution in [0.5, 0.6) is 5.75 Å². The smallest absolute Gasteiger partial charge is 0.189 e. The SMILES string of the molecule is OCCOCOc1ccc2cc[nH]c2c1CN1CCCC1. The number of rotatable bonds is 7. The van der Waals surface area contributed by atoms with Gasteiger partial charge < -0.3 is 19.6 Å². The number of aromatic amines is 1. The van der Waals surface area contributed by atoms with Gasteiger partial charge in [-0.1, -0.05) is 0 Å². The Bertz CT molecular complexity index is 576. The molecule has 5 heteroatoms. The first-order chi connectivity index (χ1) is 10.4. The van der Waals surface area contributed by atoms with Gasteiger partial charge in [-0.2, -0.15) is 0 Å². The summed E-state index contributed by atoms with van der Waals surface area (Å²) in [7, 11) is 0. The highest BCUT2D eigenvalue weighted by molar-refractivity contribution is 5.84. The second-order valence-corrected chi connectivity index (χ2v) is 5.36. The van der Waals surface area contributed by atoms with Gasteiger partial charge in [-0.25, -0.2) is 0 Å². The number of fused-ring (bicyclic) bond motifs is 1. The Balaban J connectivity index is 1.79. The van der Waals surface area contributed by atoms with Crippen LogP contribution in [0.1, 0.15) is 18.4 Å². The summed E-state index contributed by atoms with van der Waals surface area (Å²) >= 11 is 0. The van der Waals surface area contributed by atoms with Gasteiger partial charge >= 0.3 is 0 Å². The molecule has 0 saturated carbocycles. The first kappa shape index (κ1) is 14.4. The summed E-state index contributed by atoms with van der Waals surface area (Å²) < 4.78 is 11.0. The maximum Gasteiger partial charge on any atom is 0.189 e. The Hall–Kier alpha value is -1.56. The molecule has 1 aromatic carbocycles. The second kappa shape index (κ2) is 6.93. The van der Waals surface area contributed by atoms with E-state index in [1.807, 2.05) is 12.3 Å². The van der Waals surface area contributed by atoms with E-state index < -0.39 is 0 Å². The highest BCUT2D eigenvalue weighted by Crippen LogP contribution is 2.29. The highest BCUT2D eigenvalue weighted by Gasteiger charge is 2.17. The Morgan fingerprint density at radius 3 is 2.86 bits per heavy atom. The quantitative estimate of drug-likeness (QED) is 0.606. The van der Waals surface area contributed by atoms with Crippen LogP contribution >= 0.6 is 0 Å². The maximum atomic E-state index is 8.73. The van der Waals surface area contributed by atoms with Gasteiger partial charge in [0.15, 0.2) is 6.79 Å². The molecule has 1 fully saturated rings. The molecule has 0 radical (unpaired) electrons. The van der Waals surface area contributed by atoms with Crippen LogP contribution in [0.3, 0.4) is 0 Å².